The van der Waals surface area contributed by atoms with Gasteiger partial charge in [-0.05, 0) is 32.0 Å². The molecule has 0 bridgehead atoms. The van der Waals surface area contributed by atoms with Crippen LogP contribution in [0.25, 0.3) is 0 Å². The number of aliphatic hydroxyl groups excluding tert-OH is 1. The predicted octanol–water partition coefficient (Wildman–Crippen LogP) is 2.67. The quantitative estimate of drug-likeness (QED) is 0.682. The summed E-state index contributed by atoms with van der Waals surface area (Å²) in [5, 5.41) is 8.66. The lowest BCUT2D eigenvalue weighted by Gasteiger charge is -2.16. The highest BCUT2D eigenvalue weighted by atomic mass is 16.2. The standard InChI is InChI=1S/C14H23NO/c1-15(11-7-2-3-8-12-16)13-14-9-5-4-6-10-14/h4-6,9-10,16H,2-3,7-8,11-13H2,1H3. The van der Waals surface area contributed by atoms with Gasteiger partial charge >= 0.3 is 0 Å². The molecule has 0 spiro atoms. The SMILES string of the molecule is CN(CCCCCCO)Cc1ccccc1. The lowest BCUT2D eigenvalue weighted by Crippen LogP contribution is -2.18. The van der Waals surface area contributed by atoms with Crippen molar-refractivity contribution in [2.45, 2.75) is 32.2 Å². The largest absolute Gasteiger partial charge is 0.396 e. The first-order valence-electron chi connectivity index (χ1n) is 6.16. The van der Waals surface area contributed by atoms with Crippen molar-refractivity contribution in [3.05, 3.63) is 35.9 Å². The van der Waals surface area contributed by atoms with Gasteiger partial charge in [-0.3, -0.25) is 0 Å². The van der Waals surface area contributed by atoms with E-state index in [9.17, 15) is 0 Å². The Morgan fingerprint density at radius 1 is 1.00 bits per heavy atom. The number of benzene rings is 1. The fraction of sp³-hybridized carbons (Fsp3) is 0.571. The zero-order chi connectivity index (χ0) is 11.6. The molecular formula is C14H23NO. The van der Waals surface area contributed by atoms with Gasteiger partial charge in [0.05, 0.1) is 0 Å². The second-order valence-electron chi connectivity index (χ2n) is 4.36. The summed E-state index contributed by atoms with van der Waals surface area (Å²) < 4.78 is 0. The van der Waals surface area contributed by atoms with Crippen molar-refractivity contribution in [1.29, 1.82) is 0 Å². The van der Waals surface area contributed by atoms with E-state index < -0.39 is 0 Å². The molecule has 0 aliphatic rings. The Morgan fingerprint density at radius 3 is 2.38 bits per heavy atom. The van der Waals surface area contributed by atoms with Gasteiger partial charge in [0.1, 0.15) is 0 Å². The summed E-state index contributed by atoms with van der Waals surface area (Å²) in [6.07, 6.45) is 4.54. The van der Waals surface area contributed by atoms with Gasteiger partial charge in [0.15, 0.2) is 0 Å². The van der Waals surface area contributed by atoms with Crippen LogP contribution in [-0.2, 0) is 6.54 Å². The molecule has 1 rings (SSSR count). The number of aliphatic hydroxyl groups is 1. The van der Waals surface area contributed by atoms with E-state index in [1.165, 1.54) is 18.4 Å². The van der Waals surface area contributed by atoms with Crippen LogP contribution in [0.1, 0.15) is 31.2 Å². The van der Waals surface area contributed by atoms with Gasteiger partial charge in [0.25, 0.3) is 0 Å². The van der Waals surface area contributed by atoms with E-state index in [1.807, 2.05) is 0 Å². The van der Waals surface area contributed by atoms with E-state index in [1.54, 1.807) is 0 Å². The van der Waals surface area contributed by atoms with Crippen LogP contribution in [0.5, 0.6) is 0 Å². The lowest BCUT2D eigenvalue weighted by molar-refractivity contribution is 0.277. The maximum absolute atomic E-state index is 8.66. The molecule has 0 radical (unpaired) electrons. The van der Waals surface area contributed by atoms with E-state index in [-0.39, 0.29) is 0 Å². The van der Waals surface area contributed by atoms with Crippen molar-refractivity contribution < 1.29 is 5.11 Å². The molecule has 0 unspecified atom stereocenters. The van der Waals surface area contributed by atoms with Crippen LogP contribution in [-0.4, -0.2) is 30.2 Å². The molecule has 0 aliphatic carbocycles. The number of hydrogen-bond acceptors (Lipinski definition) is 2. The number of nitrogens with zero attached hydrogens (tertiary/aromatic N) is 1. The minimum absolute atomic E-state index is 0.333. The average Bonchev–Trinajstić information content (AvgIpc) is 2.30. The molecule has 0 heterocycles. The van der Waals surface area contributed by atoms with E-state index >= 15 is 0 Å². The topological polar surface area (TPSA) is 23.5 Å². The van der Waals surface area contributed by atoms with Crippen molar-refractivity contribution in [1.82, 2.24) is 4.90 Å². The Bertz CT molecular complexity index is 261. The Kier molecular flexibility index (Phi) is 6.86. The number of unbranched alkanes of at least 4 members (excludes halogenated alkanes) is 3. The maximum Gasteiger partial charge on any atom is 0.0431 e. The van der Waals surface area contributed by atoms with Crippen LogP contribution in [0.3, 0.4) is 0 Å². The molecule has 0 aliphatic heterocycles. The zero-order valence-corrected chi connectivity index (χ0v) is 10.2. The van der Waals surface area contributed by atoms with Crippen LogP contribution in [0.15, 0.2) is 30.3 Å². The van der Waals surface area contributed by atoms with Crippen molar-refractivity contribution in [2.75, 3.05) is 20.2 Å². The summed E-state index contributed by atoms with van der Waals surface area (Å²) in [7, 11) is 2.17. The van der Waals surface area contributed by atoms with Crippen LogP contribution >= 0.6 is 0 Å². The third-order valence-electron chi connectivity index (χ3n) is 2.74. The van der Waals surface area contributed by atoms with Gasteiger partial charge in [-0.15, -0.1) is 0 Å². The highest BCUT2D eigenvalue weighted by Crippen LogP contribution is 2.05. The summed E-state index contributed by atoms with van der Waals surface area (Å²) in [6.45, 7) is 2.50. The second-order valence-corrected chi connectivity index (χ2v) is 4.36. The molecule has 16 heavy (non-hydrogen) atoms. The van der Waals surface area contributed by atoms with Crippen molar-refractivity contribution in [3.8, 4) is 0 Å². The smallest absolute Gasteiger partial charge is 0.0431 e. The molecule has 2 nitrogen and oxygen atoms in total. The molecule has 0 saturated heterocycles. The Morgan fingerprint density at radius 2 is 1.69 bits per heavy atom. The lowest BCUT2D eigenvalue weighted by atomic mass is 10.2. The first-order chi connectivity index (χ1) is 7.83. The fourth-order valence-electron chi connectivity index (χ4n) is 1.82. The Labute approximate surface area is 98.9 Å². The van der Waals surface area contributed by atoms with Crippen LogP contribution in [0, 0.1) is 0 Å². The third-order valence-corrected chi connectivity index (χ3v) is 2.74. The summed E-state index contributed by atoms with van der Waals surface area (Å²) >= 11 is 0. The highest BCUT2D eigenvalue weighted by Gasteiger charge is 1.99. The van der Waals surface area contributed by atoms with Gasteiger partial charge in [-0.25, -0.2) is 0 Å². The Hall–Kier alpha value is -0.860. The first kappa shape index (κ1) is 13.2. The molecular weight excluding hydrogens is 198 g/mol. The highest BCUT2D eigenvalue weighted by molar-refractivity contribution is 5.14. The summed E-state index contributed by atoms with van der Waals surface area (Å²) in [6, 6.07) is 10.6. The third kappa shape index (κ3) is 5.89. The van der Waals surface area contributed by atoms with E-state index in [0.29, 0.717) is 6.61 Å². The molecule has 0 atom stereocenters. The van der Waals surface area contributed by atoms with Crippen molar-refractivity contribution >= 4 is 0 Å². The van der Waals surface area contributed by atoms with E-state index in [0.717, 1.165) is 25.9 Å². The minimum atomic E-state index is 0.333. The van der Waals surface area contributed by atoms with Gasteiger partial charge in [-0.2, -0.15) is 0 Å². The molecule has 0 amide bonds. The summed E-state index contributed by atoms with van der Waals surface area (Å²) in [4.78, 5) is 2.36. The first-order valence-corrected chi connectivity index (χ1v) is 6.16. The molecule has 0 aromatic heterocycles. The minimum Gasteiger partial charge on any atom is -0.396 e. The monoisotopic (exact) mass is 221 g/mol. The number of rotatable bonds is 8. The van der Waals surface area contributed by atoms with Crippen LogP contribution < -0.4 is 0 Å². The predicted molar refractivity (Wildman–Crippen MR) is 68.3 cm³/mol. The number of hydrogen-bond donors (Lipinski definition) is 1. The Balaban J connectivity index is 2.09. The molecule has 90 valence electrons. The van der Waals surface area contributed by atoms with E-state index in [4.69, 9.17) is 5.11 Å². The van der Waals surface area contributed by atoms with E-state index in [2.05, 4.69) is 42.3 Å². The van der Waals surface area contributed by atoms with Crippen molar-refractivity contribution in [3.63, 3.8) is 0 Å². The van der Waals surface area contributed by atoms with Gasteiger partial charge in [-0.1, -0.05) is 43.2 Å². The van der Waals surface area contributed by atoms with Crippen LogP contribution in [0.4, 0.5) is 0 Å². The van der Waals surface area contributed by atoms with Crippen molar-refractivity contribution in [2.24, 2.45) is 0 Å². The maximum atomic E-state index is 8.66. The molecule has 0 saturated carbocycles. The average molecular weight is 221 g/mol. The molecule has 2 heteroatoms. The summed E-state index contributed by atoms with van der Waals surface area (Å²) in [5.74, 6) is 0. The van der Waals surface area contributed by atoms with Gasteiger partial charge in [0, 0.05) is 13.2 Å². The molecule has 1 aromatic carbocycles. The van der Waals surface area contributed by atoms with Crippen LogP contribution in [0.2, 0.25) is 0 Å². The fourth-order valence-corrected chi connectivity index (χ4v) is 1.82. The molecule has 1 aromatic rings. The van der Waals surface area contributed by atoms with Gasteiger partial charge < -0.3 is 10.0 Å². The summed E-state index contributed by atoms with van der Waals surface area (Å²) in [5.41, 5.74) is 1.38. The van der Waals surface area contributed by atoms with Gasteiger partial charge in [0.2, 0.25) is 0 Å². The molecule has 1 N–H and O–H groups in total. The zero-order valence-electron chi connectivity index (χ0n) is 10.2. The second kappa shape index (κ2) is 8.31. The normalized spacial score (nSPS) is 10.9. The molecule has 0 fully saturated rings.